The Morgan fingerprint density at radius 3 is 2.44 bits per heavy atom. The van der Waals surface area contributed by atoms with Crippen LogP contribution >= 0.6 is 11.3 Å². The van der Waals surface area contributed by atoms with E-state index < -0.39 is 15.7 Å². The molecule has 0 aliphatic rings. The fourth-order valence-corrected chi connectivity index (χ4v) is 4.04. The van der Waals surface area contributed by atoms with Gasteiger partial charge in [-0.2, -0.15) is 5.26 Å². The summed E-state index contributed by atoms with van der Waals surface area (Å²) in [6, 6.07) is 14.7. The maximum Gasteiger partial charge on any atom is 0.175 e. The van der Waals surface area contributed by atoms with Gasteiger partial charge in [0.15, 0.2) is 9.84 Å². The predicted octanol–water partition coefficient (Wildman–Crippen LogP) is 4.09. The molecule has 0 radical (unpaired) electrons. The van der Waals surface area contributed by atoms with Crippen LogP contribution in [-0.2, 0) is 16.3 Å². The zero-order chi connectivity index (χ0) is 18.0. The van der Waals surface area contributed by atoms with E-state index in [1.165, 1.54) is 29.5 Å². The van der Waals surface area contributed by atoms with E-state index in [1.54, 1.807) is 30.3 Å². The Kier molecular flexibility index (Phi) is 4.66. The van der Waals surface area contributed by atoms with Crippen LogP contribution in [0.15, 0.2) is 53.4 Å². The average Bonchev–Trinajstić information content (AvgIpc) is 2.99. The van der Waals surface area contributed by atoms with Crippen LogP contribution in [0.4, 0.5) is 4.39 Å². The summed E-state index contributed by atoms with van der Waals surface area (Å²) in [5.74, 6) is -0.398. The van der Waals surface area contributed by atoms with E-state index in [0.29, 0.717) is 21.1 Å². The molecule has 0 atom stereocenters. The first-order valence-corrected chi connectivity index (χ1v) is 10.0. The van der Waals surface area contributed by atoms with E-state index in [9.17, 15) is 12.8 Å². The van der Waals surface area contributed by atoms with Crippen molar-refractivity contribution in [2.24, 2.45) is 0 Å². The lowest BCUT2D eigenvalue weighted by atomic mass is 10.1. The molecule has 0 spiro atoms. The van der Waals surface area contributed by atoms with Crippen molar-refractivity contribution in [2.45, 2.75) is 11.3 Å². The van der Waals surface area contributed by atoms with Gasteiger partial charge >= 0.3 is 0 Å². The number of hydrogen-bond donors (Lipinski definition) is 0. The van der Waals surface area contributed by atoms with E-state index in [-0.39, 0.29) is 11.3 Å². The lowest BCUT2D eigenvalue weighted by molar-refractivity contribution is 0.602. The minimum absolute atomic E-state index is 0.132. The summed E-state index contributed by atoms with van der Waals surface area (Å²) in [4.78, 5) is 5.33. The molecule has 126 valence electrons. The van der Waals surface area contributed by atoms with Gasteiger partial charge in [-0.25, -0.2) is 17.8 Å². The van der Waals surface area contributed by atoms with Crippen molar-refractivity contribution < 1.29 is 12.8 Å². The lowest BCUT2D eigenvalue weighted by Gasteiger charge is -2.05. The van der Waals surface area contributed by atoms with Crippen LogP contribution in [0.2, 0.25) is 0 Å². The second-order valence-corrected chi connectivity index (χ2v) is 8.50. The summed E-state index contributed by atoms with van der Waals surface area (Å²) in [6.45, 7) is 0. The third-order valence-corrected chi connectivity index (χ3v) is 5.81. The zero-order valence-corrected chi connectivity index (χ0v) is 14.9. The molecule has 0 aliphatic carbocycles. The first-order chi connectivity index (χ1) is 11.9. The molecule has 7 heteroatoms. The molecule has 1 heterocycles. The molecule has 0 saturated heterocycles. The van der Waals surface area contributed by atoms with Gasteiger partial charge in [0.25, 0.3) is 0 Å². The molecule has 0 unspecified atom stereocenters. The Bertz CT molecular complexity index is 1070. The van der Waals surface area contributed by atoms with E-state index in [4.69, 9.17) is 5.26 Å². The Morgan fingerprint density at radius 2 is 1.84 bits per heavy atom. The molecule has 3 aromatic rings. The van der Waals surface area contributed by atoms with Crippen LogP contribution in [0.5, 0.6) is 0 Å². The molecule has 2 aromatic carbocycles. The van der Waals surface area contributed by atoms with Crippen LogP contribution in [-0.4, -0.2) is 19.7 Å². The van der Waals surface area contributed by atoms with Crippen molar-refractivity contribution in [2.75, 3.05) is 6.26 Å². The molecule has 3 rings (SSSR count). The summed E-state index contributed by atoms with van der Waals surface area (Å²) in [5.41, 5.74) is 1.54. The van der Waals surface area contributed by atoms with Gasteiger partial charge in [-0.15, -0.1) is 11.3 Å². The quantitative estimate of drug-likeness (QED) is 0.692. The van der Waals surface area contributed by atoms with E-state index in [1.807, 2.05) is 6.07 Å². The second kappa shape index (κ2) is 6.75. The number of benzene rings is 2. The van der Waals surface area contributed by atoms with Gasteiger partial charge in [-0.05, 0) is 29.8 Å². The SMILES string of the molecule is CS(=O)(=O)c1ccc(-c2sc(CC#N)nc2-c2ccccc2F)cc1. The molecule has 4 nitrogen and oxygen atoms in total. The molecule has 0 aliphatic heterocycles. The number of hydrogen-bond acceptors (Lipinski definition) is 5. The van der Waals surface area contributed by atoms with Crippen molar-refractivity contribution >= 4 is 21.2 Å². The summed E-state index contributed by atoms with van der Waals surface area (Å²) < 4.78 is 37.4. The molecule has 0 bridgehead atoms. The summed E-state index contributed by atoms with van der Waals surface area (Å²) >= 11 is 1.30. The highest BCUT2D eigenvalue weighted by Gasteiger charge is 2.18. The summed E-state index contributed by atoms with van der Waals surface area (Å²) in [7, 11) is -3.29. The highest BCUT2D eigenvalue weighted by molar-refractivity contribution is 7.90. The first kappa shape index (κ1) is 17.3. The number of sulfone groups is 1. The second-order valence-electron chi connectivity index (χ2n) is 5.40. The molecular formula is C18H13FN2O2S2. The van der Waals surface area contributed by atoms with E-state index >= 15 is 0 Å². The van der Waals surface area contributed by atoms with Crippen molar-refractivity contribution in [3.05, 3.63) is 59.4 Å². The molecular weight excluding hydrogens is 359 g/mol. The van der Waals surface area contributed by atoms with Crippen molar-refractivity contribution in [1.82, 2.24) is 4.98 Å². The topological polar surface area (TPSA) is 70.8 Å². The number of nitrogens with zero attached hydrogens (tertiary/aromatic N) is 2. The minimum atomic E-state index is -3.29. The number of rotatable bonds is 4. The zero-order valence-electron chi connectivity index (χ0n) is 13.2. The van der Waals surface area contributed by atoms with Crippen molar-refractivity contribution in [3.8, 4) is 27.8 Å². The number of halogens is 1. The van der Waals surface area contributed by atoms with Gasteiger partial charge in [0.2, 0.25) is 0 Å². The molecule has 0 N–H and O–H groups in total. The highest BCUT2D eigenvalue weighted by Crippen LogP contribution is 2.38. The molecule has 0 fully saturated rings. The van der Waals surface area contributed by atoms with E-state index in [2.05, 4.69) is 4.98 Å². The van der Waals surface area contributed by atoms with Gasteiger partial charge in [0, 0.05) is 11.8 Å². The Hall–Kier alpha value is -2.56. The fourth-order valence-electron chi connectivity index (χ4n) is 2.39. The summed E-state index contributed by atoms with van der Waals surface area (Å²) in [5, 5.41) is 9.50. The van der Waals surface area contributed by atoms with Crippen LogP contribution < -0.4 is 0 Å². The number of nitriles is 1. The van der Waals surface area contributed by atoms with Crippen LogP contribution in [0.25, 0.3) is 21.7 Å². The summed E-state index contributed by atoms with van der Waals surface area (Å²) in [6.07, 6.45) is 1.28. The van der Waals surface area contributed by atoms with Gasteiger partial charge in [0.1, 0.15) is 10.8 Å². The molecule has 0 amide bonds. The normalized spacial score (nSPS) is 11.2. The maximum atomic E-state index is 14.2. The highest BCUT2D eigenvalue weighted by atomic mass is 32.2. The third kappa shape index (κ3) is 3.60. The van der Waals surface area contributed by atoms with Gasteiger partial charge in [-0.1, -0.05) is 24.3 Å². The fraction of sp³-hybridized carbons (Fsp3) is 0.111. The maximum absolute atomic E-state index is 14.2. The van der Waals surface area contributed by atoms with Crippen LogP contribution in [0.3, 0.4) is 0 Å². The molecule has 0 saturated carbocycles. The number of aromatic nitrogens is 1. The first-order valence-electron chi connectivity index (χ1n) is 7.32. The number of thiazole rings is 1. The van der Waals surface area contributed by atoms with Crippen molar-refractivity contribution in [1.29, 1.82) is 5.26 Å². The predicted molar refractivity (Wildman–Crippen MR) is 95.4 cm³/mol. The lowest BCUT2D eigenvalue weighted by Crippen LogP contribution is -1.96. The van der Waals surface area contributed by atoms with Gasteiger partial charge < -0.3 is 0 Å². The minimum Gasteiger partial charge on any atom is -0.239 e. The Labute approximate surface area is 149 Å². The Morgan fingerprint density at radius 1 is 1.16 bits per heavy atom. The van der Waals surface area contributed by atoms with Crippen LogP contribution in [0, 0.1) is 17.1 Å². The molecule has 1 aromatic heterocycles. The Balaban J connectivity index is 2.15. The monoisotopic (exact) mass is 372 g/mol. The smallest absolute Gasteiger partial charge is 0.175 e. The van der Waals surface area contributed by atoms with Gasteiger partial charge in [0.05, 0.1) is 28.0 Å². The largest absolute Gasteiger partial charge is 0.239 e. The third-order valence-electron chi connectivity index (χ3n) is 3.58. The van der Waals surface area contributed by atoms with E-state index in [0.717, 1.165) is 11.8 Å². The van der Waals surface area contributed by atoms with Crippen LogP contribution in [0.1, 0.15) is 5.01 Å². The van der Waals surface area contributed by atoms with Gasteiger partial charge in [-0.3, -0.25) is 0 Å². The molecule has 25 heavy (non-hydrogen) atoms. The average molecular weight is 372 g/mol. The van der Waals surface area contributed by atoms with Crippen molar-refractivity contribution in [3.63, 3.8) is 0 Å². The standard InChI is InChI=1S/C18H13FN2O2S2/c1-25(22,23)13-8-6-12(7-9-13)18-17(21-16(24-18)10-11-20)14-4-2-3-5-15(14)19/h2-9H,10H2,1H3.